The summed E-state index contributed by atoms with van der Waals surface area (Å²) in [6.45, 7) is 4.55. The number of hydrogen-bond acceptors (Lipinski definition) is 3. The van der Waals surface area contributed by atoms with E-state index in [0.29, 0.717) is 0 Å². The van der Waals surface area contributed by atoms with Crippen molar-refractivity contribution < 1.29 is 0 Å². The molecule has 0 bridgehead atoms. The van der Waals surface area contributed by atoms with Crippen molar-refractivity contribution in [3.05, 3.63) is 90.5 Å². The lowest BCUT2D eigenvalue weighted by Gasteiger charge is -2.24. The van der Waals surface area contributed by atoms with Crippen LogP contribution in [0.15, 0.2) is 99.6 Å². The molecule has 130 valence electrons. The van der Waals surface area contributed by atoms with Crippen LogP contribution in [0.1, 0.15) is 19.4 Å². The normalized spacial score (nSPS) is 10.7. The monoisotopic (exact) mass is 384 g/mol. The first-order chi connectivity index (χ1) is 12.1. The number of benzene rings is 3. The van der Waals surface area contributed by atoms with Crippen molar-refractivity contribution in [1.82, 2.24) is 0 Å². The van der Waals surface area contributed by atoms with E-state index in [1.807, 2.05) is 11.8 Å². The summed E-state index contributed by atoms with van der Waals surface area (Å²) in [6, 6.07) is 30.0. The Morgan fingerprint density at radius 2 is 1.04 bits per heavy atom. The van der Waals surface area contributed by atoms with Crippen molar-refractivity contribution in [2.75, 3.05) is 6.26 Å². The minimum absolute atomic E-state index is 0.0648. The molecular weight excluding hydrogens is 360 g/mol. The van der Waals surface area contributed by atoms with Crippen LogP contribution in [0.5, 0.6) is 0 Å². The highest BCUT2D eigenvalue weighted by molar-refractivity contribution is 8.00. The quantitative estimate of drug-likeness (QED) is 0.359. The van der Waals surface area contributed by atoms with Gasteiger partial charge in [-0.3, -0.25) is 0 Å². The summed E-state index contributed by atoms with van der Waals surface area (Å²) < 4.78 is 0.0648. The van der Waals surface area contributed by atoms with Gasteiger partial charge in [-0.15, -0.1) is 11.8 Å². The van der Waals surface area contributed by atoms with Gasteiger partial charge in [0.2, 0.25) is 0 Å². The number of thioether (sulfide) groups is 1. The maximum atomic E-state index is 3.53. The van der Waals surface area contributed by atoms with Gasteiger partial charge in [-0.25, -0.2) is 0 Å². The van der Waals surface area contributed by atoms with Gasteiger partial charge in [0.1, 0.15) is 0 Å². The van der Waals surface area contributed by atoms with Crippen LogP contribution >= 0.6 is 36.2 Å². The third-order valence-corrected chi connectivity index (χ3v) is 5.91. The first-order valence-electron chi connectivity index (χ1n) is 8.16. The zero-order chi connectivity index (χ0) is 18.1. The number of rotatable bonds is 5. The lowest BCUT2D eigenvalue weighted by Crippen LogP contribution is -2.11. The molecule has 3 aromatic rings. The van der Waals surface area contributed by atoms with Crippen LogP contribution in [0.4, 0.5) is 0 Å². The van der Waals surface area contributed by atoms with Gasteiger partial charge in [0.05, 0.1) is 0 Å². The Bertz CT molecular complexity index is 735. The van der Waals surface area contributed by atoms with Crippen LogP contribution < -0.4 is 0 Å². The molecule has 0 aromatic heterocycles. The van der Waals surface area contributed by atoms with E-state index >= 15 is 0 Å². The summed E-state index contributed by atoms with van der Waals surface area (Å²) in [5.74, 6) is 0. The Morgan fingerprint density at radius 3 is 1.60 bits per heavy atom. The van der Waals surface area contributed by atoms with Gasteiger partial charge < -0.3 is 0 Å². The predicted octanol–water partition coefficient (Wildman–Crippen LogP) is 7.41. The number of hydrogen-bond donors (Lipinski definition) is 1. The fourth-order valence-electron chi connectivity index (χ4n) is 2.39. The van der Waals surface area contributed by atoms with E-state index in [-0.39, 0.29) is 4.75 Å². The third kappa shape index (κ3) is 6.18. The topological polar surface area (TPSA) is 0 Å². The smallest absolute Gasteiger partial charge is 0.0399 e. The summed E-state index contributed by atoms with van der Waals surface area (Å²) in [6.07, 6.45) is 1.69. The lowest BCUT2D eigenvalue weighted by atomic mass is 10.0. The summed E-state index contributed by atoms with van der Waals surface area (Å²) in [7, 11) is 0. The van der Waals surface area contributed by atoms with Crippen molar-refractivity contribution in [3.8, 4) is 0 Å². The van der Waals surface area contributed by atoms with Gasteiger partial charge in [0.25, 0.3) is 0 Å². The number of thiol groups is 1. The Kier molecular flexibility index (Phi) is 8.01. The molecule has 0 radical (unpaired) electrons. The molecule has 0 atom stereocenters. The highest BCUT2D eigenvalue weighted by Crippen LogP contribution is 2.41. The van der Waals surface area contributed by atoms with E-state index in [1.54, 1.807) is 18.0 Å². The zero-order valence-electron chi connectivity index (χ0n) is 14.8. The summed E-state index contributed by atoms with van der Waals surface area (Å²) in [5, 5.41) is 0. The predicted molar refractivity (Wildman–Crippen MR) is 117 cm³/mol. The molecule has 0 spiro atoms. The average Bonchev–Trinajstić information content (AvgIpc) is 2.66. The van der Waals surface area contributed by atoms with Gasteiger partial charge in [0, 0.05) is 19.4 Å². The second-order valence-electron chi connectivity index (χ2n) is 5.86. The van der Waals surface area contributed by atoms with Gasteiger partial charge in [-0.05, 0) is 62.1 Å². The molecule has 3 aromatic carbocycles. The summed E-state index contributed by atoms with van der Waals surface area (Å²) in [4.78, 5) is 3.85. The molecule has 0 saturated carbocycles. The molecule has 0 fully saturated rings. The van der Waals surface area contributed by atoms with Crippen LogP contribution in [-0.2, 0) is 4.75 Å². The van der Waals surface area contributed by atoms with Crippen LogP contribution in [-0.4, -0.2) is 6.26 Å². The Labute approximate surface area is 165 Å². The Balaban J connectivity index is 0.00000109. The molecule has 0 nitrogen and oxygen atoms in total. The highest BCUT2D eigenvalue weighted by atomic mass is 32.2. The largest absolute Gasteiger partial charge is 0.183 e. The molecular formula is C22H24S3. The Hall–Kier alpha value is -1.29. The van der Waals surface area contributed by atoms with Crippen LogP contribution in [0.25, 0.3) is 0 Å². The highest BCUT2D eigenvalue weighted by Gasteiger charge is 2.21. The fraction of sp³-hybridized carbons (Fsp3) is 0.182. The average molecular weight is 385 g/mol. The van der Waals surface area contributed by atoms with E-state index < -0.39 is 0 Å². The van der Waals surface area contributed by atoms with Gasteiger partial charge in [-0.2, -0.15) is 12.6 Å². The van der Waals surface area contributed by atoms with Crippen molar-refractivity contribution in [2.45, 2.75) is 33.3 Å². The SMILES string of the molecule is CC(C)(Sc1ccc(Sc2ccccc2)cc1)c1ccccc1.CS. The van der Waals surface area contributed by atoms with E-state index in [9.17, 15) is 0 Å². The van der Waals surface area contributed by atoms with Crippen molar-refractivity contribution in [1.29, 1.82) is 0 Å². The molecule has 0 saturated heterocycles. The standard InChI is InChI=1S/C21H20S2.CH4S/c1-21(2,17-9-5-3-6-10-17)23-20-15-13-19(14-16-20)22-18-11-7-4-8-12-18;1-2/h3-16H,1-2H3;2H,1H3. The van der Waals surface area contributed by atoms with E-state index in [2.05, 4.69) is 111 Å². The first kappa shape index (κ1) is 20.0. The van der Waals surface area contributed by atoms with E-state index in [4.69, 9.17) is 0 Å². The van der Waals surface area contributed by atoms with Crippen LogP contribution in [0, 0.1) is 0 Å². The second kappa shape index (κ2) is 10.0. The van der Waals surface area contributed by atoms with Gasteiger partial charge >= 0.3 is 0 Å². The fourth-order valence-corrected chi connectivity index (χ4v) is 4.35. The van der Waals surface area contributed by atoms with Crippen molar-refractivity contribution in [2.24, 2.45) is 0 Å². The maximum absolute atomic E-state index is 3.53. The third-order valence-electron chi connectivity index (χ3n) is 3.64. The molecule has 0 unspecified atom stereocenters. The molecule has 3 rings (SSSR count). The minimum Gasteiger partial charge on any atom is -0.183 e. The molecule has 3 heteroatoms. The molecule has 0 N–H and O–H groups in total. The zero-order valence-corrected chi connectivity index (χ0v) is 17.4. The van der Waals surface area contributed by atoms with Crippen molar-refractivity contribution >= 4 is 36.2 Å². The first-order valence-corrected chi connectivity index (χ1v) is 10.7. The Morgan fingerprint density at radius 1 is 0.600 bits per heavy atom. The molecule has 0 aliphatic rings. The molecule has 0 aliphatic carbocycles. The second-order valence-corrected chi connectivity index (χ2v) is 8.71. The molecule has 25 heavy (non-hydrogen) atoms. The summed E-state index contributed by atoms with van der Waals surface area (Å²) >= 11 is 7.23. The van der Waals surface area contributed by atoms with Gasteiger partial charge in [-0.1, -0.05) is 60.3 Å². The minimum atomic E-state index is 0.0648. The lowest BCUT2D eigenvalue weighted by molar-refractivity contribution is 0.782. The van der Waals surface area contributed by atoms with Gasteiger partial charge in [0.15, 0.2) is 0 Å². The van der Waals surface area contributed by atoms with Crippen LogP contribution in [0.3, 0.4) is 0 Å². The van der Waals surface area contributed by atoms with Crippen molar-refractivity contribution in [3.63, 3.8) is 0 Å². The summed E-state index contributed by atoms with van der Waals surface area (Å²) in [5.41, 5.74) is 1.35. The van der Waals surface area contributed by atoms with E-state index in [0.717, 1.165) is 0 Å². The molecule has 0 amide bonds. The van der Waals surface area contributed by atoms with Crippen LogP contribution in [0.2, 0.25) is 0 Å². The molecule has 0 aliphatic heterocycles. The molecule has 0 heterocycles. The maximum Gasteiger partial charge on any atom is 0.0399 e. The van der Waals surface area contributed by atoms with E-state index in [1.165, 1.54) is 20.2 Å².